The highest BCUT2D eigenvalue weighted by atomic mass is 35.5. The summed E-state index contributed by atoms with van der Waals surface area (Å²) in [7, 11) is 0. The number of nitrogen functional groups attached to an aromatic ring is 1. The first-order valence-corrected chi connectivity index (χ1v) is 7.33. The lowest BCUT2D eigenvalue weighted by Crippen LogP contribution is -2.30. The van der Waals surface area contributed by atoms with Crippen LogP contribution in [-0.2, 0) is 0 Å². The Morgan fingerprint density at radius 3 is 2.78 bits per heavy atom. The molecule has 2 bridgehead atoms. The molecular formula is C15H21ClN2. The number of para-hydroxylation sites is 1. The van der Waals surface area contributed by atoms with Crippen LogP contribution in [0.25, 0.3) is 0 Å². The molecule has 0 aliphatic heterocycles. The SMILES string of the molecule is CC(Nc1c(N)cccc1Cl)C1CC2CCC1C2. The summed E-state index contributed by atoms with van der Waals surface area (Å²) in [6.07, 6.45) is 5.68. The lowest BCUT2D eigenvalue weighted by atomic mass is 9.84. The summed E-state index contributed by atoms with van der Waals surface area (Å²) in [6.45, 7) is 2.27. The minimum absolute atomic E-state index is 0.461. The first kappa shape index (κ1) is 12.2. The van der Waals surface area contributed by atoms with Crippen LogP contribution in [0.1, 0.15) is 32.6 Å². The molecular weight excluding hydrogens is 244 g/mol. The molecule has 2 saturated carbocycles. The highest BCUT2D eigenvalue weighted by Gasteiger charge is 2.41. The van der Waals surface area contributed by atoms with Gasteiger partial charge >= 0.3 is 0 Å². The molecule has 2 fully saturated rings. The molecule has 0 saturated heterocycles. The Bertz CT molecular complexity index is 426. The lowest BCUT2D eigenvalue weighted by Gasteiger charge is -2.30. The van der Waals surface area contributed by atoms with Crippen molar-refractivity contribution in [3.63, 3.8) is 0 Å². The molecule has 2 aliphatic rings. The van der Waals surface area contributed by atoms with Gasteiger partial charge in [0.2, 0.25) is 0 Å². The molecule has 4 unspecified atom stereocenters. The van der Waals surface area contributed by atoms with E-state index in [0.717, 1.165) is 34.2 Å². The fourth-order valence-electron chi connectivity index (χ4n) is 3.93. The number of rotatable bonds is 3. The number of anilines is 2. The Balaban J connectivity index is 1.73. The Hall–Kier alpha value is -0.890. The summed E-state index contributed by atoms with van der Waals surface area (Å²) >= 11 is 6.22. The summed E-state index contributed by atoms with van der Waals surface area (Å²) in [5, 5.41) is 4.28. The van der Waals surface area contributed by atoms with E-state index < -0.39 is 0 Å². The van der Waals surface area contributed by atoms with Crippen LogP contribution in [0.4, 0.5) is 11.4 Å². The molecule has 0 spiro atoms. The van der Waals surface area contributed by atoms with Crippen LogP contribution in [0.2, 0.25) is 5.02 Å². The maximum Gasteiger partial charge on any atom is 0.0765 e. The molecule has 3 heteroatoms. The van der Waals surface area contributed by atoms with Crippen molar-refractivity contribution in [2.75, 3.05) is 11.1 Å². The van der Waals surface area contributed by atoms with Gasteiger partial charge in [-0.25, -0.2) is 0 Å². The van der Waals surface area contributed by atoms with E-state index in [0.29, 0.717) is 6.04 Å². The fraction of sp³-hybridized carbons (Fsp3) is 0.600. The first-order chi connectivity index (χ1) is 8.65. The molecule has 4 atom stereocenters. The maximum atomic E-state index is 6.22. The van der Waals surface area contributed by atoms with E-state index in [1.807, 2.05) is 18.2 Å². The number of halogens is 1. The number of nitrogens with one attached hydrogen (secondary N) is 1. The molecule has 3 rings (SSSR count). The minimum Gasteiger partial charge on any atom is -0.397 e. The summed E-state index contributed by atoms with van der Waals surface area (Å²) in [5.41, 5.74) is 7.66. The molecule has 0 amide bonds. The average molecular weight is 265 g/mol. The van der Waals surface area contributed by atoms with Crippen molar-refractivity contribution in [2.24, 2.45) is 17.8 Å². The lowest BCUT2D eigenvalue weighted by molar-refractivity contribution is 0.304. The quantitative estimate of drug-likeness (QED) is 0.805. The van der Waals surface area contributed by atoms with Crippen molar-refractivity contribution in [3.8, 4) is 0 Å². The molecule has 2 aliphatic carbocycles. The topological polar surface area (TPSA) is 38.0 Å². The number of nitrogens with two attached hydrogens (primary N) is 1. The number of benzene rings is 1. The monoisotopic (exact) mass is 264 g/mol. The normalized spacial score (nSPS) is 31.6. The van der Waals surface area contributed by atoms with Crippen molar-refractivity contribution >= 4 is 23.0 Å². The average Bonchev–Trinajstić information content (AvgIpc) is 2.96. The highest BCUT2D eigenvalue weighted by Crippen LogP contribution is 2.50. The second-order valence-corrected chi connectivity index (χ2v) is 6.38. The van der Waals surface area contributed by atoms with Crippen LogP contribution in [0.3, 0.4) is 0 Å². The van der Waals surface area contributed by atoms with E-state index in [2.05, 4.69) is 12.2 Å². The van der Waals surface area contributed by atoms with Crippen molar-refractivity contribution in [1.82, 2.24) is 0 Å². The zero-order valence-corrected chi connectivity index (χ0v) is 11.6. The molecule has 0 aromatic heterocycles. The summed E-state index contributed by atoms with van der Waals surface area (Å²) in [4.78, 5) is 0. The van der Waals surface area contributed by atoms with Crippen LogP contribution < -0.4 is 11.1 Å². The van der Waals surface area contributed by atoms with Crippen molar-refractivity contribution < 1.29 is 0 Å². The summed E-state index contributed by atoms with van der Waals surface area (Å²) < 4.78 is 0. The van der Waals surface area contributed by atoms with Gasteiger partial charge in [0.05, 0.1) is 16.4 Å². The maximum absolute atomic E-state index is 6.22. The minimum atomic E-state index is 0.461. The molecule has 0 radical (unpaired) electrons. The van der Waals surface area contributed by atoms with Crippen molar-refractivity contribution in [3.05, 3.63) is 23.2 Å². The zero-order chi connectivity index (χ0) is 12.7. The zero-order valence-electron chi connectivity index (χ0n) is 10.8. The van der Waals surface area contributed by atoms with Gasteiger partial charge in [0.25, 0.3) is 0 Å². The third-order valence-electron chi connectivity index (χ3n) is 4.85. The number of fused-ring (bicyclic) bond motifs is 2. The van der Waals surface area contributed by atoms with Gasteiger partial charge < -0.3 is 11.1 Å². The van der Waals surface area contributed by atoms with Crippen molar-refractivity contribution in [2.45, 2.75) is 38.6 Å². The van der Waals surface area contributed by atoms with E-state index >= 15 is 0 Å². The molecule has 0 heterocycles. The van der Waals surface area contributed by atoms with Crippen LogP contribution in [0, 0.1) is 17.8 Å². The van der Waals surface area contributed by atoms with E-state index in [4.69, 9.17) is 17.3 Å². The van der Waals surface area contributed by atoms with Gasteiger partial charge in [0.15, 0.2) is 0 Å². The Morgan fingerprint density at radius 2 is 2.17 bits per heavy atom. The smallest absolute Gasteiger partial charge is 0.0765 e. The molecule has 1 aromatic rings. The van der Waals surface area contributed by atoms with Gasteiger partial charge in [-0.1, -0.05) is 24.1 Å². The van der Waals surface area contributed by atoms with Gasteiger partial charge in [0.1, 0.15) is 0 Å². The number of hydrogen-bond acceptors (Lipinski definition) is 2. The standard InChI is InChI=1S/C15H21ClN2/c1-9(12-8-10-5-6-11(12)7-10)18-15-13(16)3-2-4-14(15)17/h2-4,9-12,18H,5-8,17H2,1H3. The van der Waals surface area contributed by atoms with Crippen LogP contribution in [0.15, 0.2) is 18.2 Å². The van der Waals surface area contributed by atoms with Gasteiger partial charge in [-0.05, 0) is 56.1 Å². The Morgan fingerprint density at radius 1 is 1.33 bits per heavy atom. The van der Waals surface area contributed by atoms with E-state index in [1.54, 1.807) is 0 Å². The molecule has 3 N–H and O–H groups in total. The van der Waals surface area contributed by atoms with Gasteiger partial charge in [-0.15, -0.1) is 0 Å². The molecule has 98 valence electrons. The predicted octanol–water partition coefficient (Wildman–Crippen LogP) is 4.16. The van der Waals surface area contributed by atoms with Crippen LogP contribution >= 0.6 is 11.6 Å². The largest absolute Gasteiger partial charge is 0.397 e. The van der Waals surface area contributed by atoms with E-state index in [1.165, 1.54) is 25.7 Å². The summed E-state index contributed by atoms with van der Waals surface area (Å²) in [5.74, 6) is 2.69. The van der Waals surface area contributed by atoms with Crippen LogP contribution in [0.5, 0.6) is 0 Å². The van der Waals surface area contributed by atoms with Gasteiger partial charge in [-0.3, -0.25) is 0 Å². The third kappa shape index (κ3) is 2.07. The van der Waals surface area contributed by atoms with Crippen molar-refractivity contribution in [1.29, 1.82) is 0 Å². The second kappa shape index (κ2) is 4.65. The fourth-order valence-corrected chi connectivity index (χ4v) is 4.17. The molecule has 1 aromatic carbocycles. The van der Waals surface area contributed by atoms with Gasteiger partial charge in [0, 0.05) is 6.04 Å². The van der Waals surface area contributed by atoms with E-state index in [-0.39, 0.29) is 0 Å². The summed E-state index contributed by atoms with van der Waals surface area (Å²) in [6, 6.07) is 6.16. The molecule has 2 nitrogen and oxygen atoms in total. The molecule has 18 heavy (non-hydrogen) atoms. The predicted molar refractivity (Wildman–Crippen MR) is 77.9 cm³/mol. The third-order valence-corrected chi connectivity index (χ3v) is 5.17. The van der Waals surface area contributed by atoms with E-state index in [9.17, 15) is 0 Å². The van der Waals surface area contributed by atoms with Crippen LogP contribution in [-0.4, -0.2) is 6.04 Å². The first-order valence-electron chi connectivity index (χ1n) is 6.95. The Kier molecular flexibility index (Phi) is 3.14. The second-order valence-electron chi connectivity index (χ2n) is 5.98. The number of hydrogen-bond donors (Lipinski definition) is 2. The Labute approximate surface area is 114 Å². The highest BCUT2D eigenvalue weighted by molar-refractivity contribution is 6.33. The van der Waals surface area contributed by atoms with Gasteiger partial charge in [-0.2, -0.15) is 0 Å².